The number of carbonyl (C=O) groups excluding carboxylic acids is 1. The molecular weight excluding hydrogens is 338 g/mol. The molecule has 1 unspecified atom stereocenters. The molecule has 1 aromatic rings. The Hall–Kier alpha value is -1.89. The van der Waals surface area contributed by atoms with Gasteiger partial charge in [-0.15, -0.1) is 0 Å². The summed E-state index contributed by atoms with van der Waals surface area (Å²) in [4.78, 5) is 16.7. The lowest BCUT2D eigenvalue weighted by molar-refractivity contribution is -0.120. The number of amidine groups is 1. The van der Waals surface area contributed by atoms with Crippen LogP contribution in [0.25, 0.3) is 0 Å². The van der Waals surface area contributed by atoms with Gasteiger partial charge in [0, 0.05) is 24.6 Å². The molecule has 0 aromatic heterocycles. The summed E-state index contributed by atoms with van der Waals surface area (Å²) in [5, 5.41) is 2.85. The number of anilines is 1. The van der Waals surface area contributed by atoms with Gasteiger partial charge in [-0.3, -0.25) is 14.5 Å². The number of rotatable bonds is 8. The van der Waals surface area contributed by atoms with Gasteiger partial charge >= 0.3 is 0 Å². The SMILES string of the molecule is CCCCC(CC)C(=O)Nc1cccc(S(=O)(=O)NC2=NCCC2)c1. The van der Waals surface area contributed by atoms with Gasteiger partial charge in [0.15, 0.2) is 0 Å². The largest absolute Gasteiger partial charge is 0.326 e. The number of hydrogen-bond acceptors (Lipinski definition) is 4. The third kappa shape index (κ3) is 5.56. The maximum Gasteiger partial charge on any atom is 0.262 e. The highest BCUT2D eigenvalue weighted by atomic mass is 32.2. The van der Waals surface area contributed by atoms with E-state index in [1.807, 2.05) is 6.92 Å². The fourth-order valence-corrected chi connectivity index (χ4v) is 3.93. The van der Waals surface area contributed by atoms with Crippen molar-refractivity contribution in [3.05, 3.63) is 24.3 Å². The minimum Gasteiger partial charge on any atom is -0.326 e. The minimum absolute atomic E-state index is 0.0498. The fourth-order valence-electron chi connectivity index (χ4n) is 2.79. The number of amides is 1. The van der Waals surface area contributed by atoms with Crippen LogP contribution in [-0.2, 0) is 14.8 Å². The number of nitrogens with zero attached hydrogens (tertiary/aromatic N) is 1. The zero-order valence-corrected chi connectivity index (χ0v) is 15.7. The monoisotopic (exact) mass is 365 g/mol. The van der Waals surface area contributed by atoms with Crippen LogP contribution in [0.3, 0.4) is 0 Å². The van der Waals surface area contributed by atoms with E-state index in [9.17, 15) is 13.2 Å². The van der Waals surface area contributed by atoms with E-state index in [4.69, 9.17) is 0 Å². The Morgan fingerprint density at radius 1 is 1.32 bits per heavy atom. The van der Waals surface area contributed by atoms with Crippen molar-refractivity contribution in [3.63, 3.8) is 0 Å². The Kier molecular flexibility index (Phi) is 6.99. The van der Waals surface area contributed by atoms with Crippen molar-refractivity contribution in [1.29, 1.82) is 0 Å². The van der Waals surface area contributed by atoms with Crippen molar-refractivity contribution in [3.8, 4) is 0 Å². The Bertz CT molecular complexity index is 729. The molecule has 1 atom stereocenters. The fraction of sp³-hybridized carbons (Fsp3) is 0.556. The second-order valence-electron chi connectivity index (χ2n) is 6.30. The van der Waals surface area contributed by atoms with Crippen molar-refractivity contribution in [2.45, 2.75) is 57.3 Å². The van der Waals surface area contributed by atoms with Crippen molar-refractivity contribution >= 4 is 27.5 Å². The van der Waals surface area contributed by atoms with Gasteiger partial charge in [-0.25, -0.2) is 8.42 Å². The van der Waals surface area contributed by atoms with Crippen molar-refractivity contribution in [1.82, 2.24) is 4.72 Å². The van der Waals surface area contributed by atoms with Crippen LogP contribution in [0.15, 0.2) is 34.2 Å². The molecule has 1 amide bonds. The summed E-state index contributed by atoms with van der Waals surface area (Å²) in [7, 11) is -3.67. The zero-order chi connectivity index (χ0) is 18.3. The average Bonchev–Trinajstić information content (AvgIpc) is 3.08. The molecule has 1 heterocycles. The van der Waals surface area contributed by atoms with Crippen molar-refractivity contribution in [2.24, 2.45) is 10.9 Å². The first-order valence-electron chi connectivity index (χ1n) is 8.93. The molecule has 0 spiro atoms. The van der Waals surface area contributed by atoms with E-state index in [0.29, 0.717) is 24.5 Å². The van der Waals surface area contributed by atoms with Crippen LogP contribution in [0.5, 0.6) is 0 Å². The molecule has 1 aromatic carbocycles. The summed E-state index contributed by atoms with van der Waals surface area (Å²) < 4.78 is 27.4. The molecule has 0 aliphatic carbocycles. The Morgan fingerprint density at radius 3 is 2.76 bits per heavy atom. The predicted octanol–water partition coefficient (Wildman–Crippen LogP) is 3.31. The zero-order valence-electron chi connectivity index (χ0n) is 14.9. The van der Waals surface area contributed by atoms with E-state index in [2.05, 4.69) is 22.0 Å². The smallest absolute Gasteiger partial charge is 0.262 e. The van der Waals surface area contributed by atoms with Crippen molar-refractivity contribution in [2.75, 3.05) is 11.9 Å². The van der Waals surface area contributed by atoms with E-state index in [0.717, 1.165) is 32.1 Å². The highest BCUT2D eigenvalue weighted by Gasteiger charge is 2.20. The summed E-state index contributed by atoms with van der Waals surface area (Å²) in [6.45, 7) is 4.75. The topological polar surface area (TPSA) is 87.6 Å². The highest BCUT2D eigenvalue weighted by Crippen LogP contribution is 2.19. The second kappa shape index (κ2) is 8.99. The van der Waals surface area contributed by atoms with Gasteiger partial charge in [0.1, 0.15) is 5.84 Å². The van der Waals surface area contributed by atoms with Crippen LogP contribution in [-0.4, -0.2) is 26.7 Å². The van der Waals surface area contributed by atoms with Gasteiger partial charge in [-0.2, -0.15) is 0 Å². The van der Waals surface area contributed by atoms with Crippen LogP contribution in [0.4, 0.5) is 5.69 Å². The van der Waals surface area contributed by atoms with Crippen LogP contribution in [0, 0.1) is 5.92 Å². The molecule has 0 radical (unpaired) electrons. The summed E-state index contributed by atoms with van der Waals surface area (Å²) in [6, 6.07) is 6.34. The summed E-state index contributed by atoms with van der Waals surface area (Å²) >= 11 is 0. The average molecular weight is 365 g/mol. The van der Waals surface area contributed by atoms with E-state index >= 15 is 0 Å². The molecule has 2 rings (SSSR count). The van der Waals surface area contributed by atoms with E-state index < -0.39 is 10.0 Å². The minimum atomic E-state index is -3.67. The van der Waals surface area contributed by atoms with Crippen LogP contribution in [0.2, 0.25) is 0 Å². The summed E-state index contributed by atoms with van der Waals surface area (Å²) in [5.41, 5.74) is 0.496. The van der Waals surface area contributed by atoms with E-state index in [1.54, 1.807) is 12.1 Å². The number of nitrogens with one attached hydrogen (secondary N) is 2. The molecule has 25 heavy (non-hydrogen) atoms. The maximum absolute atomic E-state index is 12.5. The molecule has 0 saturated heterocycles. The molecular formula is C18H27N3O3S. The second-order valence-corrected chi connectivity index (χ2v) is 7.98. The van der Waals surface area contributed by atoms with Crippen LogP contribution >= 0.6 is 0 Å². The lowest BCUT2D eigenvalue weighted by Crippen LogP contribution is -2.29. The van der Waals surface area contributed by atoms with E-state index in [1.165, 1.54) is 12.1 Å². The van der Waals surface area contributed by atoms with Crippen molar-refractivity contribution < 1.29 is 13.2 Å². The van der Waals surface area contributed by atoms with Gasteiger partial charge in [-0.1, -0.05) is 32.8 Å². The van der Waals surface area contributed by atoms with Crippen LogP contribution < -0.4 is 10.0 Å². The third-order valence-electron chi connectivity index (χ3n) is 4.31. The Balaban J connectivity index is 2.08. The third-order valence-corrected chi connectivity index (χ3v) is 5.69. The van der Waals surface area contributed by atoms with Gasteiger partial charge in [-0.05, 0) is 37.5 Å². The number of hydrogen-bond donors (Lipinski definition) is 2. The first-order valence-corrected chi connectivity index (χ1v) is 10.4. The molecule has 2 N–H and O–H groups in total. The molecule has 1 aliphatic heterocycles. The number of aliphatic imine (C=N–C) groups is 1. The molecule has 138 valence electrons. The maximum atomic E-state index is 12.5. The number of carbonyl (C=O) groups is 1. The molecule has 0 saturated carbocycles. The normalized spacial score (nSPS) is 15.5. The van der Waals surface area contributed by atoms with Gasteiger partial charge in [0.2, 0.25) is 5.91 Å². The lowest BCUT2D eigenvalue weighted by atomic mass is 9.98. The highest BCUT2D eigenvalue weighted by molar-refractivity contribution is 7.90. The Labute approximate surface area is 150 Å². The first-order chi connectivity index (χ1) is 12.0. The molecule has 6 nitrogen and oxygen atoms in total. The first kappa shape index (κ1) is 19.4. The molecule has 1 aliphatic rings. The molecule has 0 fully saturated rings. The quantitative estimate of drug-likeness (QED) is 0.741. The molecule has 0 bridgehead atoms. The summed E-state index contributed by atoms with van der Waals surface area (Å²) in [6.07, 6.45) is 5.18. The Morgan fingerprint density at radius 2 is 2.12 bits per heavy atom. The molecule has 7 heteroatoms. The standard InChI is InChI=1S/C18H27N3O3S/c1-3-5-8-14(4-2)18(22)20-15-9-6-10-16(13-15)25(23,24)21-17-11-7-12-19-17/h6,9-10,13-14H,3-5,7-8,11-12H2,1-2H3,(H,19,21)(H,20,22). The van der Waals surface area contributed by atoms with Gasteiger partial charge in [0.25, 0.3) is 10.0 Å². The number of benzene rings is 1. The lowest BCUT2D eigenvalue weighted by Gasteiger charge is -2.15. The predicted molar refractivity (Wildman–Crippen MR) is 100 cm³/mol. The summed E-state index contributed by atoms with van der Waals surface area (Å²) in [5.74, 6) is 0.393. The van der Waals surface area contributed by atoms with Gasteiger partial charge < -0.3 is 5.32 Å². The van der Waals surface area contributed by atoms with E-state index in [-0.39, 0.29) is 16.7 Å². The van der Waals surface area contributed by atoms with Gasteiger partial charge in [0.05, 0.1) is 4.90 Å². The number of unbranched alkanes of at least 4 members (excludes halogenated alkanes) is 1. The van der Waals surface area contributed by atoms with Crippen LogP contribution in [0.1, 0.15) is 52.4 Å². The number of sulfonamides is 1.